The summed E-state index contributed by atoms with van der Waals surface area (Å²) >= 11 is 7.23. The van der Waals surface area contributed by atoms with Crippen molar-refractivity contribution in [3.8, 4) is 17.0 Å². The van der Waals surface area contributed by atoms with Crippen LogP contribution in [0.15, 0.2) is 53.7 Å². The molecule has 0 aliphatic carbocycles. The van der Waals surface area contributed by atoms with Gasteiger partial charge in [-0.25, -0.2) is 14.5 Å². The van der Waals surface area contributed by atoms with Gasteiger partial charge in [-0.05, 0) is 5.56 Å². The fourth-order valence-electron chi connectivity index (χ4n) is 2.63. The highest BCUT2D eigenvalue weighted by atomic mass is 35.5. The van der Waals surface area contributed by atoms with Crippen molar-refractivity contribution in [2.24, 2.45) is 0 Å². The van der Waals surface area contributed by atoms with E-state index in [1.165, 1.54) is 11.3 Å². The highest BCUT2D eigenvalue weighted by Crippen LogP contribution is 2.25. The molecule has 120 valence electrons. The Bertz CT molecular complexity index is 1080. The molecule has 0 bridgehead atoms. The molecule has 0 atom stereocenters. The van der Waals surface area contributed by atoms with Crippen LogP contribution in [-0.2, 0) is 6.54 Å². The van der Waals surface area contributed by atoms with E-state index in [0.717, 1.165) is 4.88 Å². The van der Waals surface area contributed by atoms with Crippen LogP contribution in [0.25, 0.3) is 16.9 Å². The third-order valence-electron chi connectivity index (χ3n) is 3.71. The van der Waals surface area contributed by atoms with Gasteiger partial charge in [-0.3, -0.25) is 4.79 Å². The highest BCUT2D eigenvalue weighted by Gasteiger charge is 2.22. The molecule has 0 aliphatic heterocycles. The lowest BCUT2D eigenvalue weighted by atomic mass is 10.1. The highest BCUT2D eigenvalue weighted by molar-refractivity contribution is 7.15. The van der Waals surface area contributed by atoms with Crippen molar-refractivity contribution < 1.29 is 9.67 Å². The molecule has 0 spiro atoms. The Hall–Kier alpha value is -2.64. The maximum Gasteiger partial charge on any atom is 0.372 e. The van der Waals surface area contributed by atoms with Crippen LogP contribution in [0.1, 0.15) is 4.88 Å². The first kappa shape index (κ1) is 14.9. The minimum absolute atomic E-state index is 0.0963. The van der Waals surface area contributed by atoms with Crippen LogP contribution in [-0.4, -0.2) is 19.5 Å². The topological polar surface area (TPSA) is 74.3 Å². The number of hydrogen-bond acceptors (Lipinski definition) is 4. The molecule has 3 heterocycles. The summed E-state index contributed by atoms with van der Waals surface area (Å²) in [6, 6.07) is 9.07. The molecule has 6 nitrogen and oxygen atoms in total. The minimum atomic E-state index is -0.346. The number of benzene rings is 1. The van der Waals surface area contributed by atoms with Gasteiger partial charge >= 0.3 is 11.3 Å². The largest absolute Gasteiger partial charge is 0.482 e. The molecule has 1 aromatic carbocycles. The summed E-state index contributed by atoms with van der Waals surface area (Å²) in [5, 5.41) is 10.6. The number of hydrogen-bond donors (Lipinski definition) is 2. The summed E-state index contributed by atoms with van der Waals surface area (Å²) < 4.78 is 3.84. The lowest BCUT2D eigenvalue weighted by Crippen LogP contribution is -2.34. The van der Waals surface area contributed by atoms with E-state index in [2.05, 4.69) is 9.97 Å². The number of imidazole rings is 1. The van der Waals surface area contributed by atoms with E-state index in [1.54, 1.807) is 35.1 Å². The fourth-order valence-corrected chi connectivity index (χ4v) is 3.61. The number of aromatic nitrogens is 4. The van der Waals surface area contributed by atoms with Gasteiger partial charge in [-0.2, -0.15) is 4.40 Å². The second kappa shape index (κ2) is 5.77. The Morgan fingerprint density at radius 2 is 2.12 bits per heavy atom. The van der Waals surface area contributed by atoms with Crippen LogP contribution in [0, 0.1) is 0 Å². The maximum atomic E-state index is 12.5. The van der Waals surface area contributed by atoms with Gasteiger partial charge in [0.2, 0.25) is 0 Å². The Balaban J connectivity index is 1.86. The van der Waals surface area contributed by atoms with Crippen LogP contribution in [0.4, 0.5) is 0 Å². The number of thiazole rings is 1. The Kier molecular flexibility index (Phi) is 3.59. The molecule has 3 aromatic heterocycles. The molecule has 0 saturated carbocycles. The summed E-state index contributed by atoms with van der Waals surface area (Å²) in [5.74, 6) is 0.391. The van der Waals surface area contributed by atoms with Gasteiger partial charge in [0.25, 0.3) is 5.88 Å². The van der Waals surface area contributed by atoms with Crippen molar-refractivity contribution >= 4 is 28.7 Å². The molecule has 2 N–H and O–H groups in total. The molecule has 0 aliphatic rings. The summed E-state index contributed by atoms with van der Waals surface area (Å²) in [6.07, 6.45) is 5.18. The van der Waals surface area contributed by atoms with Crippen molar-refractivity contribution in [2.45, 2.75) is 6.54 Å². The molecule has 24 heavy (non-hydrogen) atoms. The van der Waals surface area contributed by atoms with E-state index >= 15 is 0 Å². The molecule has 0 saturated heterocycles. The SMILES string of the molecule is O=c1[nH]c2n(cc[n+]2Cc2cnc(Cl)s2)c(O)c1-c1ccccc1. The van der Waals surface area contributed by atoms with Gasteiger partial charge in [-0.15, -0.1) is 11.3 Å². The molecule has 0 amide bonds. The fraction of sp³-hybridized carbons (Fsp3) is 0.0625. The summed E-state index contributed by atoms with van der Waals surface area (Å²) in [7, 11) is 0. The summed E-state index contributed by atoms with van der Waals surface area (Å²) in [6.45, 7) is 0.501. The molecular formula is C16H12ClN4O2S+. The van der Waals surface area contributed by atoms with Crippen LogP contribution >= 0.6 is 22.9 Å². The molecule has 0 unspecified atom stereocenters. The van der Waals surface area contributed by atoms with Crippen LogP contribution in [0.5, 0.6) is 5.88 Å². The number of rotatable bonds is 3. The van der Waals surface area contributed by atoms with Crippen LogP contribution < -0.4 is 10.1 Å². The van der Waals surface area contributed by atoms with Crippen molar-refractivity contribution in [3.63, 3.8) is 0 Å². The van der Waals surface area contributed by atoms with Gasteiger partial charge in [0.1, 0.15) is 18.3 Å². The molecular weight excluding hydrogens is 348 g/mol. The number of nitrogens with zero attached hydrogens (tertiary/aromatic N) is 3. The van der Waals surface area contributed by atoms with Crippen molar-refractivity contribution in [1.29, 1.82) is 0 Å². The first-order chi connectivity index (χ1) is 11.6. The summed E-state index contributed by atoms with van der Waals surface area (Å²) in [4.78, 5) is 20.3. The predicted molar refractivity (Wildman–Crippen MR) is 91.5 cm³/mol. The zero-order chi connectivity index (χ0) is 16.7. The van der Waals surface area contributed by atoms with E-state index in [1.807, 2.05) is 22.8 Å². The maximum absolute atomic E-state index is 12.5. The van der Waals surface area contributed by atoms with Gasteiger partial charge in [0.05, 0.1) is 11.1 Å². The third kappa shape index (κ3) is 2.47. The van der Waals surface area contributed by atoms with Crippen LogP contribution in [0.3, 0.4) is 0 Å². The lowest BCUT2D eigenvalue weighted by molar-refractivity contribution is -0.663. The molecule has 0 radical (unpaired) electrons. The van der Waals surface area contributed by atoms with Crippen molar-refractivity contribution in [3.05, 3.63) is 68.6 Å². The predicted octanol–water partition coefficient (Wildman–Crippen LogP) is 2.45. The van der Waals surface area contributed by atoms with Crippen LogP contribution in [0.2, 0.25) is 4.47 Å². The third-order valence-corrected chi connectivity index (χ3v) is 4.81. The monoisotopic (exact) mass is 359 g/mol. The normalized spacial score (nSPS) is 11.2. The first-order valence-corrected chi connectivity index (χ1v) is 8.34. The average Bonchev–Trinajstić information content (AvgIpc) is 3.16. The number of nitrogens with one attached hydrogen (secondary N) is 1. The number of aromatic amines is 1. The van der Waals surface area contributed by atoms with E-state index < -0.39 is 0 Å². The van der Waals surface area contributed by atoms with Gasteiger partial charge < -0.3 is 5.11 Å². The minimum Gasteiger partial charge on any atom is -0.482 e. The van der Waals surface area contributed by atoms with Gasteiger partial charge in [0, 0.05) is 6.20 Å². The van der Waals surface area contributed by atoms with Crippen molar-refractivity contribution in [1.82, 2.24) is 14.4 Å². The van der Waals surface area contributed by atoms with E-state index in [4.69, 9.17) is 11.6 Å². The number of fused-ring (bicyclic) bond motifs is 1. The zero-order valence-corrected chi connectivity index (χ0v) is 13.9. The molecule has 4 rings (SSSR count). The number of halogens is 1. The number of aromatic hydroxyl groups is 1. The quantitative estimate of drug-likeness (QED) is 0.552. The molecule has 8 heteroatoms. The van der Waals surface area contributed by atoms with Gasteiger partial charge in [0.15, 0.2) is 4.47 Å². The number of H-pyrrole nitrogens is 1. The first-order valence-electron chi connectivity index (χ1n) is 7.15. The van der Waals surface area contributed by atoms with E-state index in [9.17, 15) is 9.90 Å². The van der Waals surface area contributed by atoms with Crippen molar-refractivity contribution in [2.75, 3.05) is 0 Å². The van der Waals surface area contributed by atoms with Gasteiger partial charge in [-0.1, -0.05) is 41.9 Å². The zero-order valence-electron chi connectivity index (χ0n) is 12.3. The Labute approximate surface area is 145 Å². The second-order valence-electron chi connectivity index (χ2n) is 5.22. The molecule has 0 fully saturated rings. The average molecular weight is 360 g/mol. The van der Waals surface area contributed by atoms with E-state index in [0.29, 0.717) is 22.4 Å². The lowest BCUT2D eigenvalue weighted by Gasteiger charge is -2.02. The Morgan fingerprint density at radius 3 is 2.83 bits per heavy atom. The Morgan fingerprint density at radius 1 is 1.33 bits per heavy atom. The second-order valence-corrected chi connectivity index (χ2v) is 6.92. The molecule has 4 aromatic rings. The summed E-state index contributed by atoms with van der Waals surface area (Å²) in [5.41, 5.74) is 0.556. The standard InChI is InChI=1S/C16H11ClN4O2S/c17-15-18-8-11(24-15)9-20-6-7-21-14(23)12(13(22)19-16(20)21)10-4-2-1-3-5-10/h1-8H,9H2,(H,22,23)/p+1. The smallest absolute Gasteiger partial charge is 0.372 e. The van der Waals surface area contributed by atoms with E-state index in [-0.39, 0.29) is 17.0 Å².